The molecule has 1 aromatic carbocycles. The summed E-state index contributed by atoms with van der Waals surface area (Å²) in [5.41, 5.74) is 2.88. The van der Waals surface area contributed by atoms with Crippen molar-refractivity contribution in [2.24, 2.45) is 0 Å². The van der Waals surface area contributed by atoms with Gasteiger partial charge in [-0.05, 0) is 37.4 Å². The number of imide groups is 1. The maximum Gasteiger partial charge on any atom is 0.255 e. The van der Waals surface area contributed by atoms with Gasteiger partial charge in [-0.15, -0.1) is 11.3 Å². The Morgan fingerprint density at radius 2 is 2.15 bits per heavy atom. The number of carbonyl (C=O) groups excluding carboxylic acids is 3. The first kappa shape index (κ1) is 23.5. The predicted molar refractivity (Wildman–Crippen MR) is 123 cm³/mol. The molecule has 2 aliphatic rings. The van der Waals surface area contributed by atoms with Crippen molar-refractivity contribution < 1.29 is 24.2 Å². The van der Waals surface area contributed by atoms with E-state index in [1.807, 2.05) is 31.2 Å². The van der Waals surface area contributed by atoms with E-state index in [9.17, 15) is 19.5 Å². The van der Waals surface area contributed by atoms with Crippen LogP contribution in [-0.2, 0) is 25.5 Å². The van der Waals surface area contributed by atoms with Crippen molar-refractivity contribution in [1.29, 1.82) is 0 Å². The maximum atomic E-state index is 13.4. The quantitative estimate of drug-likeness (QED) is 0.541. The first-order chi connectivity index (χ1) is 15.9. The molecule has 9 nitrogen and oxygen atoms in total. The molecule has 2 unspecified atom stereocenters. The Morgan fingerprint density at radius 1 is 1.36 bits per heavy atom. The number of aliphatic hydroxyl groups excluding tert-OH is 1. The van der Waals surface area contributed by atoms with E-state index in [4.69, 9.17) is 4.74 Å². The molecule has 0 saturated carbocycles. The highest BCUT2D eigenvalue weighted by molar-refractivity contribution is 7.13. The summed E-state index contributed by atoms with van der Waals surface area (Å²) >= 11 is 1.55. The predicted octanol–water partition coefficient (Wildman–Crippen LogP) is 0.646. The van der Waals surface area contributed by atoms with E-state index in [1.165, 1.54) is 4.90 Å². The second-order valence-electron chi connectivity index (χ2n) is 8.40. The van der Waals surface area contributed by atoms with Gasteiger partial charge in [0.15, 0.2) is 0 Å². The van der Waals surface area contributed by atoms with Crippen molar-refractivity contribution in [3.8, 4) is 10.4 Å². The molecule has 4 rings (SSSR count). The first-order valence-corrected chi connectivity index (χ1v) is 11.9. The van der Waals surface area contributed by atoms with Gasteiger partial charge < -0.3 is 20.1 Å². The minimum Gasteiger partial charge on any atom is -0.393 e. The number of amides is 3. The Morgan fingerprint density at radius 3 is 2.76 bits per heavy atom. The van der Waals surface area contributed by atoms with Crippen molar-refractivity contribution in [3.05, 3.63) is 41.0 Å². The molecule has 0 radical (unpaired) electrons. The number of aromatic nitrogens is 1. The SMILES string of the molecule is Cc1ncsc1-c1ccc(CC(CO)(C(=O)NC(=O)C2CCCN2)N2CCOCC2=O)cc1. The number of nitrogens with one attached hydrogen (secondary N) is 2. The lowest BCUT2D eigenvalue weighted by Gasteiger charge is -2.43. The standard InChI is InChI=1S/C23H28N4O5S/c1-15-20(33-14-25-15)17-6-4-16(5-7-17)11-23(13-28,27-9-10-32-12-19(27)29)22(31)26-21(30)18-3-2-8-24-18/h4-7,14,18,24,28H,2-3,8-13H2,1H3,(H,26,30,31). The van der Waals surface area contributed by atoms with E-state index in [0.29, 0.717) is 13.0 Å². The summed E-state index contributed by atoms with van der Waals surface area (Å²) in [4.78, 5) is 45.5. The molecule has 33 heavy (non-hydrogen) atoms. The van der Waals surface area contributed by atoms with Crippen LogP contribution in [-0.4, -0.2) is 77.2 Å². The zero-order valence-electron chi connectivity index (χ0n) is 18.5. The average molecular weight is 473 g/mol. The molecule has 3 amide bonds. The number of thiazole rings is 1. The Labute approximate surface area is 196 Å². The fourth-order valence-electron chi connectivity index (χ4n) is 4.40. The molecule has 3 N–H and O–H groups in total. The third-order valence-electron chi connectivity index (χ3n) is 6.26. The highest BCUT2D eigenvalue weighted by atomic mass is 32.1. The van der Waals surface area contributed by atoms with Crippen LogP contribution in [0.1, 0.15) is 24.1 Å². The molecule has 2 atom stereocenters. The fourth-order valence-corrected chi connectivity index (χ4v) is 5.21. The van der Waals surface area contributed by atoms with Gasteiger partial charge in [-0.1, -0.05) is 24.3 Å². The Bertz CT molecular complexity index is 1020. The number of nitrogens with zero attached hydrogens (tertiary/aromatic N) is 2. The summed E-state index contributed by atoms with van der Waals surface area (Å²) in [6.07, 6.45) is 1.56. The minimum absolute atomic E-state index is 0.0639. The molecule has 2 aliphatic heterocycles. The van der Waals surface area contributed by atoms with Gasteiger partial charge in [-0.2, -0.15) is 0 Å². The molecule has 2 saturated heterocycles. The van der Waals surface area contributed by atoms with Crippen LogP contribution in [0.25, 0.3) is 10.4 Å². The van der Waals surface area contributed by atoms with Crippen LogP contribution in [0.3, 0.4) is 0 Å². The van der Waals surface area contributed by atoms with Crippen molar-refractivity contribution >= 4 is 29.1 Å². The van der Waals surface area contributed by atoms with Gasteiger partial charge in [-0.3, -0.25) is 19.7 Å². The van der Waals surface area contributed by atoms with Gasteiger partial charge in [-0.25, -0.2) is 4.98 Å². The summed E-state index contributed by atoms with van der Waals surface area (Å²) in [5, 5.41) is 16.0. The van der Waals surface area contributed by atoms with Gasteiger partial charge >= 0.3 is 0 Å². The van der Waals surface area contributed by atoms with Gasteiger partial charge in [0.05, 0.1) is 35.3 Å². The number of aliphatic hydroxyl groups is 1. The molecule has 10 heteroatoms. The van der Waals surface area contributed by atoms with Crippen molar-refractivity contribution in [3.63, 3.8) is 0 Å². The number of hydrogen-bond acceptors (Lipinski definition) is 8. The number of rotatable bonds is 7. The third kappa shape index (κ3) is 4.84. The van der Waals surface area contributed by atoms with E-state index < -0.39 is 35.9 Å². The molecule has 2 aromatic rings. The Hall–Kier alpha value is -2.66. The van der Waals surface area contributed by atoms with Crippen LogP contribution in [0, 0.1) is 6.92 Å². The number of carbonyl (C=O) groups is 3. The normalized spacial score (nSPS) is 20.5. The van der Waals surface area contributed by atoms with Gasteiger partial charge in [0.25, 0.3) is 5.91 Å². The van der Waals surface area contributed by atoms with Crippen LogP contribution in [0.4, 0.5) is 0 Å². The summed E-state index contributed by atoms with van der Waals surface area (Å²) in [5.74, 6) is -1.51. The van der Waals surface area contributed by atoms with E-state index >= 15 is 0 Å². The number of benzene rings is 1. The Kier molecular flexibility index (Phi) is 7.18. The molecule has 0 aliphatic carbocycles. The smallest absolute Gasteiger partial charge is 0.255 e. The number of morpholine rings is 1. The lowest BCUT2D eigenvalue weighted by atomic mass is 9.87. The average Bonchev–Trinajstić information content (AvgIpc) is 3.51. The Balaban J connectivity index is 1.61. The van der Waals surface area contributed by atoms with Crippen molar-refractivity contribution in [2.45, 2.75) is 37.8 Å². The molecule has 2 fully saturated rings. The molecule has 1 aromatic heterocycles. The fraction of sp³-hybridized carbons (Fsp3) is 0.478. The summed E-state index contributed by atoms with van der Waals surface area (Å²) in [6.45, 7) is 2.28. The molecule has 0 bridgehead atoms. The molecular weight excluding hydrogens is 444 g/mol. The molecule has 0 spiro atoms. The van der Waals surface area contributed by atoms with Gasteiger partial charge in [0.2, 0.25) is 11.8 Å². The number of ether oxygens (including phenoxy) is 1. The summed E-state index contributed by atoms with van der Waals surface area (Å²) in [6, 6.07) is 7.16. The van der Waals surface area contributed by atoms with E-state index in [-0.39, 0.29) is 26.2 Å². The maximum absolute atomic E-state index is 13.4. The second-order valence-corrected chi connectivity index (χ2v) is 9.25. The highest BCUT2D eigenvalue weighted by Gasteiger charge is 2.48. The molecule has 3 heterocycles. The van der Waals surface area contributed by atoms with E-state index in [1.54, 1.807) is 16.8 Å². The van der Waals surface area contributed by atoms with Crippen LogP contribution in [0.2, 0.25) is 0 Å². The van der Waals surface area contributed by atoms with Crippen LogP contribution in [0.5, 0.6) is 0 Å². The van der Waals surface area contributed by atoms with Gasteiger partial charge in [0, 0.05) is 13.0 Å². The largest absolute Gasteiger partial charge is 0.393 e. The number of hydrogen-bond donors (Lipinski definition) is 3. The highest BCUT2D eigenvalue weighted by Crippen LogP contribution is 2.29. The van der Waals surface area contributed by atoms with E-state index in [2.05, 4.69) is 15.6 Å². The number of aryl methyl sites for hydroxylation is 1. The minimum atomic E-state index is -1.61. The lowest BCUT2D eigenvalue weighted by Crippen LogP contribution is -2.67. The second kappa shape index (κ2) is 10.1. The lowest BCUT2D eigenvalue weighted by molar-refractivity contribution is -0.162. The van der Waals surface area contributed by atoms with E-state index in [0.717, 1.165) is 28.1 Å². The molecule has 176 valence electrons. The monoisotopic (exact) mass is 472 g/mol. The summed E-state index contributed by atoms with van der Waals surface area (Å²) in [7, 11) is 0. The first-order valence-electron chi connectivity index (χ1n) is 11.0. The van der Waals surface area contributed by atoms with Crippen LogP contribution < -0.4 is 10.6 Å². The van der Waals surface area contributed by atoms with Crippen molar-refractivity contribution in [2.75, 3.05) is 32.9 Å². The molecular formula is C23H28N4O5S. The van der Waals surface area contributed by atoms with Crippen LogP contribution in [0.15, 0.2) is 29.8 Å². The summed E-state index contributed by atoms with van der Waals surface area (Å²) < 4.78 is 5.23. The van der Waals surface area contributed by atoms with Gasteiger partial charge in [0.1, 0.15) is 12.1 Å². The topological polar surface area (TPSA) is 121 Å². The van der Waals surface area contributed by atoms with Crippen molar-refractivity contribution in [1.82, 2.24) is 20.5 Å². The zero-order chi connectivity index (χ0) is 23.4. The zero-order valence-corrected chi connectivity index (χ0v) is 19.3. The van der Waals surface area contributed by atoms with Crippen LogP contribution >= 0.6 is 11.3 Å². The third-order valence-corrected chi connectivity index (χ3v) is 7.24.